The number of Topliss-reactive ketones (excluding diaryl/α,β-unsaturated/α-hetero) is 1. The number of thiazole rings is 1. The fourth-order valence-electron chi connectivity index (χ4n) is 1.76. The van der Waals surface area contributed by atoms with E-state index in [9.17, 15) is 31.2 Å². The van der Waals surface area contributed by atoms with Crippen molar-refractivity contribution in [3.05, 3.63) is 21.7 Å². The number of carbonyl (C=O) groups excluding carboxylic acids is 1. The van der Waals surface area contributed by atoms with E-state index in [4.69, 9.17) is 16.7 Å². The molecule has 0 aliphatic carbocycles. The lowest BCUT2D eigenvalue weighted by molar-refractivity contribution is -0.131. The van der Waals surface area contributed by atoms with E-state index in [-0.39, 0.29) is 20.2 Å². The maximum Gasteiger partial charge on any atom is 0.534 e. The van der Waals surface area contributed by atoms with Crippen LogP contribution in [0.5, 0.6) is 5.75 Å². The van der Waals surface area contributed by atoms with Gasteiger partial charge in [-0.3, -0.25) is 4.79 Å². The van der Waals surface area contributed by atoms with Crippen LogP contribution in [0.2, 0.25) is 4.47 Å². The van der Waals surface area contributed by atoms with Gasteiger partial charge in [0.05, 0.1) is 11.1 Å². The van der Waals surface area contributed by atoms with E-state index in [1.165, 1.54) is 13.0 Å². The topological polar surface area (TPSA) is 111 Å². The van der Waals surface area contributed by atoms with E-state index in [1.807, 2.05) is 0 Å². The third-order valence-corrected chi connectivity index (χ3v) is 4.83. The van der Waals surface area contributed by atoms with E-state index >= 15 is 0 Å². The average Bonchev–Trinajstić information content (AvgIpc) is 2.76. The maximum atomic E-state index is 12.6. The predicted molar refractivity (Wildman–Crippen MR) is 76.9 cm³/mol. The van der Waals surface area contributed by atoms with Crippen LogP contribution >= 0.6 is 22.9 Å². The summed E-state index contributed by atoms with van der Waals surface area (Å²) in [5.74, 6) is -4.70. The van der Waals surface area contributed by atoms with Crippen LogP contribution in [0.1, 0.15) is 15.9 Å². The second-order valence-corrected chi connectivity index (χ2v) is 7.45. The number of carbonyl (C=O) groups is 2. The number of alkyl halides is 3. The summed E-state index contributed by atoms with van der Waals surface area (Å²) < 4.78 is 63.8. The zero-order valence-electron chi connectivity index (χ0n) is 11.3. The summed E-state index contributed by atoms with van der Waals surface area (Å²) in [7, 11) is -6.14. The van der Waals surface area contributed by atoms with Crippen molar-refractivity contribution in [2.45, 2.75) is 12.4 Å². The minimum absolute atomic E-state index is 0.0446. The van der Waals surface area contributed by atoms with Crippen LogP contribution in [0.4, 0.5) is 13.2 Å². The molecule has 1 heterocycles. The molecule has 0 atom stereocenters. The summed E-state index contributed by atoms with van der Waals surface area (Å²) in [4.78, 5) is 26.4. The van der Waals surface area contributed by atoms with Gasteiger partial charge in [0.1, 0.15) is 4.70 Å². The van der Waals surface area contributed by atoms with Crippen molar-refractivity contribution in [3.8, 4) is 5.75 Å². The quantitative estimate of drug-likeness (QED) is 0.361. The zero-order chi connectivity index (χ0) is 18.4. The Balaban J connectivity index is 2.84. The summed E-state index contributed by atoms with van der Waals surface area (Å²) in [6, 6.07) is 1.18. The molecule has 1 N–H and O–H groups in total. The molecule has 130 valence electrons. The summed E-state index contributed by atoms with van der Waals surface area (Å²) in [6.07, 6.45) is 0. The molecule has 1 aromatic heterocycles. The van der Waals surface area contributed by atoms with Gasteiger partial charge in [0.25, 0.3) is 5.78 Å². The highest BCUT2D eigenvalue weighted by molar-refractivity contribution is 7.88. The number of ketones is 1. The number of nitrogens with zero attached hydrogens (tertiary/aromatic N) is 1. The van der Waals surface area contributed by atoms with E-state index in [2.05, 4.69) is 9.17 Å². The number of aromatic nitrogens is 1. The first-order valence-corrected chi connectivity index (χ1v) is 8.33. The Bertz CT molecular complexity index is 966. The lowest BCUT2D eigenvalue weighted by Gasteiger charge is -2.14. The fraction of sp³-hybridized carbons (Fsp3) is 0.182. The summed E-state index contributed by atoms with van der Waals surface area (Å²) in [6.45, 7) is 1.19. The first-order chi connectivity index (χ1) is 10.8. The van der Waals surface area contributed by atoms with Gasteiger partial charge >= 0.3 is 21.6 Å². The Morgan fingerprint density at radius 1 is 1.38 bits per heavy atom. The molecule has 0 saturated carbocycles. The Labute approximate surface area is 140 Å². The van der Waals surface area contributed by atoms with Crippen LogP contribution in [0.25, 0.3) is 10.2 Å². The summed E-state index contributed by atoms with van der Waals surface area (Å²) >= 11 is 6.18. The van der Waals surface area contributed by atoms with Crippen molar-refractivity contribution in [1.82, 2.24) is 4.98 Å². The van der Waals surface area contributed by atoms with E-state index in [1.54, 1.807) is 0 Å². The van der Waals surface area contributed by atoms with Gasteiger partial charge in [-0.2, -0.15) is 21.6 Å². The molecule has 24 heavy (non-hydrogen) atoms. The molecular formula is C11H5ClF3NO6S2. The number of carboxylic acid groups (broad SMARTS) is 1. The Morgan fingerprint density at radius 3 is 2.46 bits per heavy atom. The smallest absolute Gasteiger partial charge is 0.475 e. The van der Waals surface area contributed by atoms with Crippen LogP contribution < -0.4 is 4.18 Å². The minimum atomic E-state index is -6.14. The average molecular weight is 404 g/mol. The molecule has 0 bridgehead atoms. The number of aryl methyl sites for hydroxylation is 1. The number of carboxylic acids is 1. The molecule has 0 fully saturated rings. The van der Waals surface area contributed by atoms with Crippen molar-refractivity contribution in [1.29, 1.82) is 0 Å². The molecule has 0 unspecified atom stereocenters. The van der Waals surface area contributed by atoms with Crippen LogP contribution in [-0.4, -0.2) is 35.8 Å². The zero-order valence-corrected chi connectivity index (χ0v) is 13.7. The molecule has 2 rings (SSSR count). The number of aliphatic carboxylic acids is 1. The van der Waals surface area contributed by atoms with E-state index < -0.39 is 38.7 Å². The number of rotatable bonds is 4. The SMILES string of the molecule is Cc1cc2nc(Cl)sc2c(OS(=O)(=O)C(F)(F)F)c1C(=O)C(=O)O. The Kier molecular flexibility index (Phi) is 4.50. The van der Waals surface area contributed by atoms with E-state index in [0.717, 1.165) is 0 Å². The molecule has 7 nitrogen and oxygen atoms in total. The van der Waals surface area contributed by atoms with Crippen molar-refractivity contribution >= 4 is 55.0 Å². The van der Waals surface area contributed by atoms with Crippen LogP contribution in [0, 0.1) is 6.92 Å². The number of fused-ring (bicyclic) bond motifs is 1. The third-order valence-electron chi connectivity index (χ3n) is 2.71. The molecular weight excluding hydrogens is 399 g/mol. The van der Waals surface area contributed by atoms with Gasteiger partial charge in [-0.05, 0) is 18.6 Å². The van der Waals surface area contributed by atoms with Crippen molar-refractivity contribution in [2.75, 3.05) is 0 Å². The number of hydrogen-bond acceptors (Lipinski definition) is 7. The first kappa shape index (κ1) is 18.4. The maximum absolute atomic E-state index is 12.6. The van der Waals surface area contributed by atoms with Gasteiger partial charge in [-0.25, -0.2) is 9.78 Å². The highest BCUT2D eigenvalue weighted by Gasteiger charge is 2.49. The van der Waals surface area contributed by atoms with Gasteiger partial charge in [0.2, 0.25) is 0 Å². The molecule has 1 aromatic carbocycles. The predicted octanol–water partition coefficient (Wildman–Crippen LogP) is 2.75. The fourth-order valence-corrected chi connectivity index (χ4v) is 3.37. The monoisotopic (exact) mass is 403 g/mol. The number of hydrogen-bond donors (Lipinski definition) is 1. The van der Waals surface area contributed by atoms with Crippen LogP contribution in [0.3, 0.4) is 0 Å². The van der Waals surface area contributed by atoms with Gasteiger partial charge in [-0.15, -0.1) is 0 Å². The second kappa shape index (κ2) is 5.86. The lowest BCUT2D eigenvalue weighted by Crippen LogP contribution is -2.29. The molecule has 0 amide bonds. The van der Waals surface area contributed by atoms with Crippen LogP contribution in [-0.2, 0) is 14.9 Å². The van der Waals surface area contributed by atoms with Crippen molar-refractivity contribution < 1.29 is 40.5 Å². The third kappa shape index (κ3) is 3.16. The molecule has 0 saturated heterocycles. The normalized spacial score (nSPS) is 12.4. The summed E-state index contributed by atoms with van der Waals surface area (Å²) in [5.41, 5.74) is -6.79. The largest absolute Gasteiger partial charge is 0.534 e. The minimum Gasteiger partial charge on any atom is -0.475 e. The molecule has 0 aliphatic heterocycles. The molecule has 0 aliphatic rings. The number of benzene rings is 1. The molecule has 2 aromatic rings. The van der Waals surface area contributed by atoms with Crippen LogP contribution in [0.15, 0.2) is 6.07 Å². The highest BCUT2D eigenvalue weighted by Crippen LogP contribution is 2.40. The number of halogens is 4. The summed E-state index contributed by atoms with van der Waals surface area (Å²) in [5, 5.41) is 8.80. The molecule has 0 radical (unpaired) electrons. The van der Waals surface area contributed by atoms with E-state index in [0.29, 0.717) is 11.3 Å². The van der Waals surface area contributed by atoms with Crippen molar-refractivity contribution in [2.24, 2.45) is 0 Å². The Morgan fingerprint density at radius 2 is 1.96 bits per heavy atom. The van der Waals surface area contributed by atoms with Crippen molar-refractivity contribution in [3.63, 3.8) is 0 Å². The van der Waals surface area contributed by atoms with Gasteiger partial charge in [-0.1, -0.05) is 22.9 Å². The Hall–Kier alpha value is -1.92. The lowest BCUT2D eigenvalue weighted by atomic mass is 10.0. The standard InChI is InChI=1S/C11H5ClF3NO6S2/c1-3-2-4-8(23-10(12)16-4)7(5(3)6(17)9(18)19)22-24(20,21)11(13,14)15/h2H,1H3,(H,18,19). The highest BCUT2D eigenvalue weighted by atomic mass is 35.5. The molecule has 0 spiro atoms. The molecule has 13 heteroatoms. The van der Waals surface area contributed by atoms with Gasteiger partial charge in [0, 0.05) is 0 Å². The second-order valence-electron chi connectivity index (χ2n) is 4.33. The van der Waals surface area contributed by atoms with Gasteiger partial charge in [0.15, 0.2) is 10.2 Å². The van der Waals surface area contributed by atoms with Gasteiger partial charge < -0.3 is 9.29 Å². The first-order valence-electron chi connectivity index (χ1n) is 5.73.